The van der Waals surface area contributed by atoms with E-state index in [9.17, 15) is 0 Å². The minimum absolute atomic E-state index is 0.0924. The molecule has 0 amide bonds. The van der Waals surface area contributed by atoms with E-state index in [0.29, 0.717) is 5.69 Å². The Morgan fingerprint density at radius 2 is 1.50 bits per heavy atom. The van der Waals surface area contributed by atoms with E-state index >= 15 is 0 Å². The van der Waals surface area contributed by atoms with E-state index in [0.717, 1.165) is 5.56 Å². The highest BCUT2D eigenvalue weighted by atomic mass is 16.9. The zero-order chi connectivity index (χ0) is 11.8. The molecule has 2 N–H and O–H groups in total. The molecular formula is C11H17NO4. The van der Waals surface area contributed by atoms with Crippen LogP contribution < -0.4 is 5.23 Å². The van der Waals surface area contributed by atoms with Crippen molar-refractivity contribution in [2.75, 3.05) is 31.7 Å². The molecule has 0 radical (unpaired) electrons. The van der Waals surface area contributed by atoms with E-state index in [-0.39, 0.29) is 26.4 Å². The summed E-state index contributed by atoms with van der Waals surface area (Å²) in [5.74, 6) is 0. The lowest BCUT2D eigenvalue weighted by Gasteiger charge is -2.21. The van der Waals surface area contributed by atoms with Gasteiger partial charge in [0.1, 0.15) is 13.2 Å². The smallest absolute Gasteiger partial charge is 0.101 e. The van der Waals surface area contributed by atoms with Crippen LogP contribution in [0.25, 0.3) is 0 Å². The highest BCUT2D eigenvalue weighted by molar-refractivity contribution is 5.42. The average Bonchev–Trinajstić information content (AvgIpc) is 2.31. The van der Waals surface area contributed by atoms with Gasteiger partial charge in [-0.25, -0.2) is 9.68 Å². The Labute approximate surface area is 94.7 Å². The van der Waals surface area contributed by atoms with Gasteiger partial charge in [0.15, 0.2) is 0 Å². The summed E-state index contributed by atoms with van der Waals surface area (Å²) in [5, 5.41) is 18.6. The van der Waals surface area contributed by atoms with Crippen LogP contribution in [0.1, 0.15) is 5.56 Å². The van der Waals surface area contributed by atoms with Crippen LogP contribution in [0.3, 0.4) is 0 Å². The lowest BCUT2D eigenvalue weighted by molar-refractivity contribution is -0.103. The van der Waals surface area contributed by atoms with Crippen LogP contribution in [0.5, 0.6) is 0 Å². The van der Waals surface area contributed by atoms with Crippen molar-refractivity contribution in [3.05, 3.63) is 29.8 Å². The molecule has 0 aliphatic heterocycles. The number of nitrogens with zero attached hydrogens (tertiary/aromatic N) is 1. The third-order valence-corrected chi connectivity index (χ3v) is 1.84. The van der Waals surface area contributed by atoms with Crippen LogP contribution in [0.4, 0.5) is 5.69 Å². The predicted molar refractivity (Wildman–Crippen MR) is 59.7 cm³/mol. The normalized spacial score (nSPS) is 10.4. The summed E-state index contributed by atoms with van der Waals surface area (Å²) in [6.07, 6.45) is 0. The van der Waals surface area contributed by atoms with E-state index in [4.69, 9.17) is 19.9 Å². The summed E-state index contributed by atoms with van der Waals surface area (Å²) in [6.45, 7) is 2.07. The minimum atomic E-state index is -0.0924. The van der Waals surface area contributed by atoms with Gasteiger partial charge >= 0.3 is 0 Å². The third kappa shape index (κ3) is 4.16. The van der Waals surface area contributed by atoms with Crippen LogP contribution >= 0.6 is 0 Å². The Morgan fingerprint density at radius 3 is 1.94 bits per heavy atom. The first-order chi connectivity index (χ1) is 7.77. The molecule has 0 atom stereocenters. The summed E-state index contributed by atoms with van der Waals surface area (Å²) in [6, 6.07) is 7.52. The Bertz CT molecular complexity index is 281. The lowest BCUT2D eigenvalue weighted by atomic mass is 10.2. The van der Waals surface area contributed by atoms with Gasteiger partial charge in [-0.3, -0.25) is 0 Å². The van der Waals surface area contributed by atoms with Crippen molar-refractivity contribution in [1.29, 1.82) is 0 Å². The molecule has 1 aromatic rings. The number of aryl methyl sites for hydroxylation is 1. The van der Waals surface area contributed by atoms with Gasteiger partial charge in [0.25, 0.3) is 0 Å². The van der Waals surface area contributed by atoms with Crippen molar-refractivity contribution in [1.82, 2.24) is 0 Å². The van der Waals surface area contributed by atoms with Crippen LogP contribution in [-0.4, -0.2) is 36.6 Å². The maximum Gasteiger partial charge on any atom is 0.101 e. The van der Waals surface area contributed by atoms with Gasteiger partial charge in [0.05, 0.1) is 18.9 Å². The van der Waals surface area contributed by atoms with Crippen LogP contribution in [-0.2, 0) is 9.68 Å². The quantitative estimate of drug-likeness (QED) is 0.670. The van der Waals surface area contributed by atoms with Gasteiger partial charge in [0, 0.05) is 0 Å². The first-order valence-corrected chi connectivity index (χ1v) is 5.12. The molecule has 0 aromatic heterocycles. The number of rotatable bonds is 7. The van der Waals surface area contributed by atoms with Crippen LogP contribution in [0.15, 0.2) is 24.3 Å². The summed E-state index contributed by atoms with van der Waals surface area (Å²) in [5.41, 5.74) is 1.85. The molecular weight excluding hydrogens is 210 g/mol. The van der Waals surface area contributed by atoms with E-state index < -0.39 is 0 Å². The van der Waals surface area contributed by atoms with Gasteiger partial charge in [-0.15, -0.1) is 5.23 Å². The molecule has 0 bridgehead atoms. The highest BCUT2D eigenvalue weighted by Gasteiger charge is 2.07. The molecule has 1 rings (SSSR count). The van der Waals surface area contributed by atoms with Crippen molar-refractivity contribution in [2.24, 2.45) is 0 Å². The molecule has 0 aliphatic rings. The molecule has 1 aromatic carbocycles. The van der Waals surface area contributed by atoms with E-state index in [1.165, 1.54) is 5.23 Å². The number of benzene rings is 1. The third-order valence-electron chi connectivity index (χ3n) is 1.84. The molecule has 0 saturated carbocycles. The second-order valence-corrected chi connectivity index (χ2v) is 3.21. The molecule has 0 aliphatic carbocycles. The molecule has 0 saturated heterocycles. The largest absolute Gasteiger partial charge is 0.394 e. The zero-order valence-electron chi connectivity index (χ0n) is 9.30. The zero-order valence-corrected chi connectivity index (χ0v) is 9.30. The molecule has 5 nitrogen and oxygen atoms in total. The molecule has 0 unspecified atom stereocenters. The molecule has 16 heavy (non-hydrogen) atoms. The van der Waals surface area contributed by atoms with E-state index in [1.807, 2.05) is 31.2 Å². The van der Waals surface area contributed by atoms with E-state index in [2.05, 4.69) is 0 Å². The van der Waals surface area contributed by atoms with Crippen LogP contribution in [0.2, 0.25) is 0 Å². The first kappa shape index (κ1) is 12.9. The fourth-order valence-corrected chi connectivity index (χ4v) is 1.10. The van der Waals surface area contributed by atoms with Crippen molar-refractivity contribution >= 4 is 5.69 Å². The van der Waals surface area contributed by atoms with Gasteiger partial charge in [0.2, 0.25) is 0 Å². The van der Waals surface area contributed by atoms with Crippen molar-refractivity contribution in [3.8, 4) is 0 Å². The van der Waals surface area contributed by atoms with Crippen molar-refractivity contribution in [3.63, 3.8) is 0 Å². The van der Waals surface area contributed by atoms with Gasteiger partial charge in [-0.2, -0.15) is 0 Å². The van der Waals surface area contributed by atoms with Gasteiger partial charge < -0.3 is 10.2 Å². The number of hydrogen-bond acceptors (Lipinski definition) is 5. The number of anilines is 1. The average molecular weight is 227 g/mol. The fraction of sp³-hybridized carbons (Fsp3) is 0.455. The first-order valence-electron chi connectivity index (χ1n) is 5.12. The van der Waals surface area contributed by atoms with Crippen molar-refractivity contribution < 1.29 is 19.9 Å². The van der Waals surface area contributed by atoms with Crippen LogP contribution in [0, 0.1) is 6.92 Å². The maximum absolute atomic E-state index is 8.67. The SMILES string of the molecule is Cc1ccc(N(OCCO)OCCO)cc1. The molecule has 0 heterocycles. The topological polar surface area (TPSA) is 62.2 Å². The molecule has 5 heteroatoms. The Balaban J connectivity index is 2.62. The number of aliphatic hydroxyl groups excluding tert-OH is 2. The molecule has 0 spiro atoms. The van der Waals surface area contributed by atoms with E-state index in [1.54, 1.807) is 0 Å². The molecule has 90 valence electrons. The summed E-state index contributed by atoms with van der Waals surface area (Å²) < 4.78 is 0. The number of hydrogen-bond donors (Lipinski definition) is 2. The summed E-state index contributed by atoms with van der Waals surface area (Å²) in [4.78, 5) is 10.3. The summed E-state index contributed by atoms with van der Waals surface area (Å²) in [7, 11) is 0. The Morgan fingerprint density at radius 1 is 1.00 bits per heavy atom. The minimum Gasteiger partial charge on any atom is -0.394 e. The highest BCUT2D eigenvalue weighted by Crippen LogP contribution is 2.15. The van der Waals surface area contributed by atoms with Crippen molar-refractivity contribution in [2.45, 2.75) is 6.92 Å². The number of aliphatic hydroxyl groups is 2. The van der Waals surface area contributed by atoms with Gasteiger partial charge in [-0.05, 0) is 19.1 Å². The maximum atomic E-state index is 8.67. The lowest BCUT2D eigenvalue weighted by Crippen LogP contribution is -2.27. The second kappa shape index (κ2) is 7.19. The second-order valence-electron chi connectivity index (χ2n) is 3.21. The predicted octanol–water partition coefficient (Wildman–Crippen LogP) is 0.649. The molecule has 0 fully saturated rings. The van der Waals surface area contributed by atoms with Gasteiger partial charge in [-0.1, -0.05) is 17.7 Å². The Kier molecular flexibility index (Phi) is 5.81. The Hall–Kier alpha value is -1.14. The summed E-state index contributed by atoms with van der Waals surface area (Å²) >= 11 is 0. The fourth-order valence-electron chi connectivity index (χ4n) is 1.10. The monoisotopic (exact) mass is 227 g/mol. The standard InChI is InChI=1S/C11H17NO4/c1-10-2-4-11(5-3-10)12(15-8-6-13)16-9-7-14/h2-5,13-14H,6-9H2,1H3.